The SMILES string of the molecule is Cc1sc(CNCCCC(C)C)cc1Br. The molecule has 15 heavy (non-hydrogen) atoms. The molecule has 0 unspecified atom stereocenters. The van der Waals surface area contributed by atoms with Crippen LogP contribution in [-0.2, 0) is 6.54 Å². The van der Waals surface area contributed by atoms with Crippen molar-refractivity contribution in [3.63, 3.8) is 0 Å². The zero-order valence-electron chi connectivity index (χ0n) is 9.77. The molecule has 0 saturated carbocycles. The van der Waals surface area contributed by atoms with E-state index in [2.05, 4.69) is 48.1 Å². The van der Waals surface area contributed by atoms with Gasteiger partial charge in [0.25, 0.3) is 0 Å². The van der Waals surface area contributed by atoms with Gasteiger partial charge in [-0.15, -0.1) is 11.3 Å². The van der Waals surface area contributed by atoms with E-state index < -0.39 is 0 Å². The summed E-state index contributed by atoms with van der Waals surface area (Å²) in [6.45, 7) is 8.85. The van der Waals surface area contributed by atoms with Crippen LogP contribution in [0.4, 0.5) is 0 Å². The molecule has 0 aliphatic rings. The predicted octanol–water partition coefficient (Wildman–Crippen LogP) is 4.34. The molecule has 0 aliphatic heterocycles. The highest BCUT2D eigenvalue weighted by Gasteiger charge is 2.01. The van der Waals surface area contributed by atoms with E-state index in [1.165, 1.54) is 27.1 Å². The van der Waals surface area contributed by atoms with Crippen LogP contribution in [0.1, 0.15) is 36.4 Å². The molecule has 1 nitrogen and oxygen atoms in total. The Hall–Kier alpha value is 0.140. The highest BCUT2D eigenvalue weighted by atomic mass is 79.9. The second kappa shape index (κ2) is 6.66. The van der Waals surface area contributed by atoms with E-state index in [1.54, 1.807) is 0 Å². The van der Waals surface area contributed by atoms with Gasteiger partial charge in [-0.2, -0.15) is 0 Å². The lowest BCUT2D eigenvalue weighted by atomic mass is 10.1. The van der Waals surface area contributed by atoms with Crippen molar-refractivity contribution in [2.45, 2.75) is 40.2 Å². The summed E-state index contributed by atoms with van der Waals surface area (Å²) in [6.07, 6.45) is 2.60. The van der Waals surface area contributed by atoms with Gasteiger partial charge in [0.15, 0.2) is 0 Å². The van der Waals surface area contributed by atoms with Crippen LogP contribution in [0.2, 0.25) is 0 Å². The Morgan fingerprint density at radius 1 is 1.47 bits per heavy atom. The van der Waals surface area contributed by atoms with Crippen LogP contribution in [0, 0.1) is 12.8 Å². The first kappa shape index (κ1) is 13.2. The Balaban J connectivity index is 2.15. The Bertz CT molecular complexity index is 274. The first-order valence-corrected chi connectivity index (χ1v) is 7.16. The maximum atomic E-state index is 3.54. The quantitative estimate of drug-likeness (QED) is 0.768. The number of thiophene rings is 1. The fourth-order valence-corrected chi connectivity index (χ4v) is 3.02. The molecule has 0 aliphatic carbocycles. The van der Waals surface area contributed by atoms with Crippen molar-refractivity contribution in [2.75, 3.05) is 6.54 Å². The maximum absolute atomic E-state index is 3.54. The van der Waals surface area contributed by atoms with Crippen molar-refractivity contribution in [3.05, 3.63) is 20.3 Å². The van der Waals surface area contributed by atoms with Gasteiger partial charge < -0.3 is 5.32 Å². The molecular weight excluding hydrogens is 270 g/mol. The Morgan fingerprint density at radius 3 is 2.73 bits per heavy atom. The number of halogens is 1. The number of aryl methyl sites for hydroxylation is 1. The van der Waals surface area contributed by atoms with Crippen LogP contribution < -0.4 is 5.32 Å². The van der Waals surface area contributed by atoms with Crippen molar-refractivity contribution in [2.24, 2.45) is 5.92 Å². The monoisotopic (exact) mass is 289 g/mol. The van der Waals surface area contributed by atoms with Crippen molar-refractivity contribution in [1.82, 2.24) is 5.32 Å². The Kier molecular flexibility index (Phi) is 5.87. The van der Waals surface area contributed by atoms with Crippen molar-refractivity contribution < 1.29 is 0 Å². The second-order valence-corrected chi connectivity index (χ2v) is 6.52. The summed E-state index contributed by atoms with van der Waals surface area (Å²) in [4.78, 5) is 2.79. The number of hydrogen-bond donors (Lipinski definition) is 1. The fourth-order valence-electron chi connectivity index (χ4n) is 1.45. The van der Waals surface area contributed by atoms with Gasteiger partial charge >= 0.3 is 0 Å². The topological polar surface area (TPSA) is 12.0 Å². The van der Waals surface area contributed by atoms with E-state index in [-0.39, 0.29) is 0 Å². The van der Waals surface area contributed by atoms with Gasteiger partial charge in [-0.1, -0.05) is 13.8 Å². The fraction of sp³-hybridized carbons (Fsp3) is 0.667. The predicted molar refractivity (Wildman–Crippen MR) is 72.5 cm³/mol. The van der Waals surface area contributed by atoms with E-state index >= 15 is 0 Å². The van der Waals surface area contributed by atoms with E-state index in [0.717, 1.165) is 19.0 Å². The van der Waals surface area contributed by atoms with Crippen LogP contribution in [-0.4, -0.2) is 6.54 Å². The molecule has 86 valence electrons. The minimum absolute atomic E-state index is 0.824. The Labute approximate surface area is 105 Å². The first-order valence-electron chi connectivity index (χ1n) is 5.55. The molecule has 0 atom stereocenters. The number of hydrogen-bond acceptors (Lipinski definition) is 2. The summed E-state index contributed by atoms with van der Waals surface area (Å²) in [5.74, 6) is 0.824. The molecule has 1 aromatic rings. The van der Waals surface area contributed by atoms with Crippen molar-refractivity contribution in [3.8, 4) is 0 Å². The molecule has 1 aromatic heterocycles. The molecule has 1 N–H and O–H groups in total. The summed E-state index contributed by atoms with van der Waals surface area (Å²) < 4.78 is 1.24. The van der Waals surface area contributed by atoms with Crippen LogP contribution in [0.5, 0.6) is 0 Å². The van der Waals surface area contributed by atoms with Gasteiger partial charge in [0.1, 0.15) is 0 Å². The van der Waals surface area contributed by atoms with Gasteiger partial charge in [0, 0.05) is 20.8 Å². The molecule has 0 radical (unpaired) electrons. The molecular formula is C12H20BrNS. The van der Waals surface area contributed by atoms with E-state index in [9.17, 15) is 0 Å². The molecule has 0 fully saturated rings. The Morgan fingerprint density at radius 2 is 2.20 bits per heavy atom. The molecule has 0 amide bonds. The van der Waals surface area contributed by atoms with Crippen molar-refractivity contribution >= 4 is 27.3 Å². The normalized spacial score (nSPS) is 11.3. The van der Waals surface area contributed by atoms with Crippen molar-refractivity contribution in [1.29, 1.82) is 0 Å². The molecule has 1 rings (SSSR count). The van der Waals surface area contributed by atoms with Gasteiger partial charge in [0.05, 0.1) is 0 Å². The lowest BCUT2D eigenvalue weighted by Crippen LogP contribution is -2.14. The molecule has 0 aromatic carbocycles. The van der Waals surface area contributed by atoms with Gasteiger partial charge in [-0.3, -0.25) is 0 Å². The van der Waals surface area contributed by atoms with Gasteiger partial charge in [-0.05, 0) is 54.2 Å². The summed E-state index contributed by atoms with van der Waals surface area (Å²) in [7, 11) is 0. The maximum Gasteiger partial charge on any atom is 0.0314 e. The van der Waals surface area contributed by atoms with Crippen LogP contribution in [0.15, 0.2) is 10.5 Å². The second-order valence-electron chi connectivity index (χ2n) is 4.33. The lowest BCUT2D eigenvalue weighted by Gasteiger charge is -2.05. The van der Waals surface area contributed by atoms with E-state index in [4.69, 9.17) is 0 Å². The zero-order valence-corrected chi connectivity index (χ0v) is 12.2. The zero-order chi connectivity index (χ0) is 11.3. The van der Waals surface area contributed by atoms with E-state index in [0.29, 0.717) is 0 Å². The van der Waals surface area contributed by atoms with Crippen LogP contribution in [0.25, 0.3) is 0 Å². The highest BCUT2D eigenvalue weighted by Crippen LogP contribution is 2.25. The minimum atomic E-state index is 0.824. The molecule has 0 spiro atoms. The summed E-state index contributed by atoms with van der Waals surface area (Å²) >= 11 is 5.41. The smallest absolute Gasteiger partial charge is 0.0314 e. The van der Waals surface area contributed by atoms with Crippen LogP contribution in [0.3, 0.4) is 0 Å². The first-order chi connectivity index (χ1) is 7.09. The average molecular weight is 290 g/mol. The highest BCUT2D eigenvalue weighted by molar-refractivity contribution is 9.10. The molecule has 1 heterocycles. The number of nitrogens with one attached hydrogen (secondary N) is 1. The summed E-state index contributed by atoms with van der Waals surface area (Å²) in [6, 6.07) is 2.22. The standard InChI is InChI=1S/C12H20BrNS/c1-9(2)5-4-6-14-8-11-7-12(13)10(3)15-11/h7,9,14H,4-6,8H2,1-3H3. The van der Waals surface area contributed by atoms with Gasteiger partial charge in [0.2, 0.25) is 0 Å². The molecule has 0 bridgehead atoms. The third kappa shape index (κ3) is 5.14. The third-order valence-corrected chi connectivity index (χ3v) is 4.48. The largest absolute Gasteiger partial charge is 0.312 e. The average Bonchev–Trinajstić information content (AvgIpc) is 2.45. The lowest BCUT2D eigenvalue weighted by molar-refractivity contribution is 0.528. The summed E-state index contributed by atoms with van der Waals surface area (Å²) in [5.41, 5.74) is 0. The third-order valence-electron chi connectivity index (χ3n) is 2.34. The van der Waals surface area contributed by atoms with Crippen LogP contribution >= 0.6 is 27.3 Å². The van der Waals surface area contributed by atoms with E-state index in [1.807, 2.05) is 11.3 Å². The van der Waals surface area contributed by atoms with Gasteiger partial charge in [-0.25, -0.2) is 0 Å². The minimum Gasteiger partial charge on any atom is -0.312 e. The molecule has 3 heteroatoms. The molecule has 0 saturated heterocycles. The summed E-state index contributed by atoms with van der Waals surface area (Å²) in [5, 5.41) is 3.49. The number of rotatable bonds is 6.